The molecule has 1 heterocycles. The van der Waals surface area contributed by atoms with Gasteiger partial charge in [0.2, 0.25) is 0 Å². The maximum absolute atomic E-state index is 3.98. The molecule has 36 heavy (non-hydrogen) atoms. The number of nitrogens with zero attached hydrogens (tertiary/aromatic N) is 2. The second-order valence-corrected chi connectivity index (χ2v) is 8.82. The van der Waals surface area contributed by atoms with Crippen LogP contribution in [-0.4, -0.2) is 4.57 Å². The standard InChI is InChI=1S/C34H34N2/c1-6-9-10-19-30-24-28-18-12-14-21-34(28)36(30)32-23-26(4)22-31(25-32)35(29(15-7-2)16-8-3)33-20-13-11-17-27(33)5/h6-25H,2H2,1,3-5H3/b9-6-,16-8-,19-10-,29-15+. The lowest BCUT2D eigenvalue weighted by Crippen LogP contribution is -2.17. The molecule has 2 heteroatoms. The zero-order valence-electron chi connectivity index (χ0n) is 21.6. The lowest BCUT2D eigenvalue weighted by Gasteiger charge is -2.29. The largest absolute Gasteiger partial charge is 0.310 e. The van der Waals surface area contributed by atoms with Crippen LogP contribution in [0.2, 0.25) is 0 Å². The Labute approximate surface area is 215 Å². The Morgan fingerprint density at radius 2 is 1.64 bits per heavy atom. The SMILES string of the molecule is C=C/C=C(\C=C/C)N(c1cc(C)cc(-n2c(/C=C\C=C/C)cc3ccccc32)c1)c1ccccc1C. The number of rotatable bonds is 8. The number of aromatic nitrogens is 1. The van der Waals surface area contributed by atoms with E-state index in [1.807, 2.05) is 26.0 Å². The molecule has 0 atom stereocenters. The van der Waals surface area contributed by atoms with E-state index in [1.165, 1.54) is 22.0 Å². The van der Waals surface area contributed by atoms with Crippen molar-refractivity contribution in [2.75, 3.05) is 4.90 Å². The summed E-state index contributed by atoms with van der Waals surface area (Å²) >= 11 is 0. The molecular weight excluding hydrogens is 436 g/mol. The Kier molecular flexibility index (Phi) is 7.87. The highest BCUT2D eigenvalue weighted by Gasteiger charge is 2.17. The van der Waals surface area contributed by atoms with Crippen molar-refractivity contribution in [3.8, 4) is 5.69 Å². The zero-order chi connectivity index (χ0) is 25.5. The number of hydrogen-bond acceptors (Lipinski definition) is 1. The Morgan fingerprint density at radius 1 is 0.861 bits per heavy atom. The maximum atomic E-state index is 3.98. The normalized spacial score (nSPS) is 12.4. The minimum atomic E-state index is 1.06. The molecule has 0 saturated heterocycles. The van der Waals surface area contributed by atoms with Gasteiger partial charge < -0.3 is 9.47 Å². The van der Waals surface area contributed by atoms with E-state index < -0.39 is 0 Å². The van der Waals surface area contributed by atoms with Gasteiger partial charge in [0, 0.05) is 33.8 Å². The molecule has 0 unspecified atom stereocenters. The highest BCUT2D eigenvalue weighted by Crippen LogP contribution is 2.36. The molecule has 0 amide bonds. The van der Waals surface area contributed by atoms with E-state index in [9.17, 15) is 0 Å². The third-order valence-electron chi connectivity index (χ3n) is 6.11. The summed E-state index contributed by atoms with van der Waals surface area (Å²) in [6.07, 6.45) is 16.5. The van der Waals surface area contributed by atoms with Crippen molar-refractivity contribution in [1.82, 2.24) is 4.57 Å². The molecule has 4 rings (SSSR count). The molecule has 0 aliphatic carbocycles. The van der Waals surface area contributed by atoms with Gasteiger partial charge in [0.15, 0.2) is 0 Å². The Morgan fingerprint density at radius 3 is 2.39 bits per heavy atom. The molecule has 0 saturated carbocycles. The van der Waals surface area contributed by atoms with Crippen molar-refractivity contribution in [1.29, 1.82) is 0 Å². The minimum absolute atomic E-state index is 1.06. The lowest BCUT2D eigenvalue weighted by atomic mass is 10.1. The Bertz CT molecular complexity index is 1490. The first-order valence-electron chi connectivity index (χ1n) is 12.4. The van der Waals surface area contributed by atoms with Crippen molar-refractivity contribution >= 4 is 28.4 Å². The van der Waals surface area contributed by atoms with Crippen LogP contribution in [0.1, 0.15) is 30.7 Å². The topological polar surface area (TPSA) is 8.17 Å². The number of para-hydroxylation sites is 2. The van der Waals surface area contributed by atoms with E-state index in [0.717, 1.165) is 28.5 Å². The summed E-state index contributed by atoms with van der Waals surface area (Å²) in [5, 5.41) is 1.22. The van der Waals surface area contributed by atoms with Crippen LogP contribution in [0.25, 0.3) is 22.7 Å². The van der Waals surface area contributed by atoms with Gasteiger partial charge in [-0.2, -0.15) is 0 Å². The highest BCUT2D eigenvalue weighted by molar-refractivity contribution is 5.86. The van der Waals surface area contributed by atoms with Crippen LogP contribution in [0.3, 0.4) is 0 Å². The second kappa shape index (κ2) is 11.4. The summed E-state index contributed by atoms with van der Waals surface area (Å²) in [7, 11) is 0. The molecule has 0 radical (unpaired) electrons. The Hall–Kier alpha value is -4.30. The van der Waals surface area contributed by atoms with Crippen LogP contribution in [0.15, 0.2) is 128 Å². The minimum Gasteiger partial charge on any atom is -0.310 e. The predicted octanol–water partition coefficient (Wildman–Crippen LogP) is 9.62. The summed E-state index contributed by atoms with van der Waals surface area (Å²) in [5.74, 6) is 0. The van der Waals surface area contributed by atoms with Gasteiger partial charge >= 0.3 is 0 Å². The fourth-order valence-electron chi connectivity index (χ4n) is 4.59. The van der Waals surface area contributed by atoms with E-state index in [2.05, 4.69) is 139 Å². The fraction of sp³-hybridized carbons (Fsp3) is 0.118. The quantitative estimate of drug-likeness (QED) is 0.233. The van der Waals surface area contributed by atoms with Gasteiger partial charge in [0.05, 0.1) is 5.52 Å². The molecule has 0 bridgehead atoms. The molecule has 0 spiro atoms. The monoisotopic (exact) mass is 470 g/mol. The highest BCUT2D eigenvalue weighted by atomic mass is 15.2. The van der Waals surface area contributed by atoms with E-state index >= 15 is 0 Å². The number of anilines is 2. The molecule has 0 N–H and O–H groups in total. The first-order valence-corrected chi connectivity index (χ1v) is 12.4. The Balaban J connectivity index is 1.99. The average Bonchev–Trinajstić information content (AvgIpc) is 3.24. The van der Waals surface area contributed by atoms with Crippen molar-refractivity contribution in [3.05, 3.63) is 144 Å². The van der Waals surface area contributed by atoms with Crippen molar-refractivity contribution < 1.29 is 0 Å². The lowest BCUT2D eigenvalue weighted by molar-refractivity contribution is 1.09. The first-order chi connectivity index (χ1) is 17.6. The maximum Gasteiger partial charge on any atom is 0.0534 e. The summed E-state index contributed by atoms with van der Waals surface area (Å²) in [6.45, 7) is 12.4. The molecule has 0 aliphatic rings. The van der Waals surface area contributed by atoms with Crippen LogP contribution in [0.5, 0.6) is 0 Å². The van der Waals surface area contributed by atoms with Gasteiger partial charge in [0.1, 0.15) is 0 Å². The van der Waals surface area contributed by atoms with E-state index in [1.54, 1.807) is 0 Å². The van der Waals surface area contributed by atoms with Gasteiger partial charge in [-0.15, -0.1) is 0 Å². The van der Waals surface area contributed by atoms with Gasteiger partial charge in [0.25, 0.3) is 0 Å². The number of fused-ring (bicyclic) bond motifs is 1. The van der Waals surface area contributed by atoms with Crippen molar-refractivity contribution in [3.63, 3.8) is 0 Å². The van der Waals surface area contributed by atoms with Gasteiger partial charge in [-0.3, -0.25) is 0 Å². The third-order valence-corrected chi connectivity index (χ3v) is 6.11. The van der Waals surface area contributed by atoms with Gasteiger partial charge in [-0.05, 0) is 93.4 Å². The van der Waals surface area contributed by atoms with Crippen LogP contribution >= 0.6 is 0 Å². The number of aryl methyl sites for hydroxylation is 2. The molecule has 2 nitrogen and oxygen atoms in total. The molecule has 0 fully saturated rings. The zero-order valence-corrected chi connectivity index (χ0v) is 21.6. The molecule has 1 aromatic heterocycles. The second-order valence-electron chi connectivity index (χ2n) is 8.82. The summed E-state index contributed by atoms with van der Waals surface area (Å²) in [6, 6.07) is 26.1. The summed E-state index contributed by atoms with van der Waals surface area (Å²) in [4.78, 5) is 2.31. The van der Waals surface area contributed by atoms with Crippen molar-refractivity contribution in [2.45, 2.75) is 27.7 Å². The summed E-state index contributed by atoms with van der Waals surface area (Å²) < 4.78 is 2.34. The number of hydrogen-bond donors (Lipinski definition) is 0. The molecular formula is C34H34N2. The number of allylic oxidation sites excluding steroid dienone is 7. The van der Waals surface area contributed by atoms with E-state index in [0.29, 0.717) is 0 Å². The number of benzene rings is 3. The van der Waals surface area contributed by atoms with Gasteiger partial charge in [-0.25, -0.2) is 0 Å². The average molecular weight is 471 g/mol. The third kappa shape index (κ3) is 5.18. The van der Waals surface area contributed by atoms with Gasteiger partial charge in [-0.1, -0.05) is 73.4 Å². The predicted molar refractivity (Wildman–Crippen MR) is 158 cm³/mol. The molecule has 0 aliphatic heterocycles. The summed E-state index contributed by atoms with van der Waals surface area (Å²) in [5.41, 5.74) is 9.17. The molecule has 3 aromatic carbocycles. The first kappa shape index (κ1) is 24.8. The smallest absolute Gasteiger partial charge is 0.0534 e. The molecule has 4 aromatic rings. The van der Waals surface area contributed by atoms with Crippen LogP contribution in [0, 0.1) is 13.8 Å². The van der Waals surface area contributed by atoms with Crippen LogP contribution in [-0.2, 0) is 0 Å². The van der Waals surface area contributed by atoms with Crippen LogP contribution < -0.4 is 4.90 Å². The molecule has 180 valence electrons. The van der Waals surface area contributed by atoms with E-state index in [-0.39, 0.29) is 0 Å². The van der Waals surface area contributed by atoms with Crippen LogP contribution in [0.4, 0.5) is 11.4 Å². The fourth-order valence-corrected chi connectivity index (χ4v) is 4.59. The van der Waals surface area contributed by atoms with E-state index in [4.69, 9.17) is 0 Å². The van der Waals surface area contributed by atoms with Crippen molar-refractivity contribution in [2.24, 2.45) is 0 Å².